The van der Waals surface area contributed by atoms with Gasteiger partial charge in [-0.15, -0.1) is 0 Å². The minimum atomic E-state index is -0.392. The van der Waals surface area contributed by atoms with Crippen molar-refractivity contribution in [2.45, 2.75) is 0 Å². The summed E-state index contributed by atoms with van der Waals surface area (Å²) in [5.41, 5.74) is 0. The molecule has 0 aromatic rings. The number of aliphatic hydroxyl groups is 2. The monoisotopic (exact) mass is 90.0 g/mol. The first-order chi connectivity index (χ1) is 2.91. The van der Waals surface area contributed by atoms with Crippen LogP contribution in [0.15, 0.2) is 12.5 Å². The van der Waals surface area contributed by atoms with E-state index in [1.807, 2.05) is 0 Å². The molecule has 0 aromatic heterocycles. The fourth-order valence-corrected chi connectivity index (χ4v) is 0.0861. The van der Waals surface area contributed by atoms with Gasteiger partial charge in [0.05, 0.1) is 0 Å². The van der Waals surface area contributed by atoms with Crippen LogP contribution in [0.5, 0.6) is 0 Å². The van der Waals surface area contributed by atoms with E-state index in [0.717, 1.165) is 6.26 Å². The molecule has 2 N–H and O–H groups in total. The van der Waals surface area contributed by atoms with E-state index in [4.69, 9.17) is 10.2 Å². The van der Waals surface area contributed by atoms with E-state index in [9.17, 15) is 0 Å². The van der Waals surface area contributed by atoms with Gasteiger partial charge in [-0.05, 0) is 0 Å². The van der Waals surface area contributed by atoms with Gasteiger partial charge in [-0.2, -0.15) is 0 Å². The van der Waals surface area contributed by atoms with Gasteiger partial charge >= 0.3 is 0 Å². The molecule has 0 atom stereocenters. The summed E-state index contributed by atoms with van der Waals surface area (Å²) >= 11 is 0. The molecule has 3 heteroatoms. The Bertz CT molecular complexity index is 41.3. The summed E-state index contributed by atoms with van der Waals surface area (Å²) in [5, 5.41) is 15.6. The SMILES string of the molecule is O/C=C\OCO. The van der Waals surface area contributed by atoms with Gasteiger partial charge in [0.15, 0.2) is 6.79 Å². The predicted molar refractivity (Wildman–Crippen MR) is 19.9 cm³/mol. The molecule has 0 radical (unpaired) electrons. The third-order valence-electron chi connectivity index (χ3n) is 0.232. The highest BCUT2D eigenvalue weighted by Crippen LogP contribution is 1.67. The highest BCUT2D eigenvalue weighted by molar-refractivity contribution is 4.54. The van der Waals surface area contributed by atoms with Crippen LogP contribution in [-0.2, 0) is 4.74 Å². The Morgan fingerprint density at radius 3 is 2.50 bits per heavy atom. The molecule has 0 bridgehead atoms. The highest BCUT2D eigenvalue weighted by Gasteiger charge is 1.61. The molecule has 0 aromatic carbocycles. The zero-order valence-corrected chi connectivity index (χ0v) is 3.16. The van der Waals surface area contributed by atoms with E-state index >= 15 is 0 Å². The van der Waals surface area contributed by atoms with Crippen molar-refractivity contribution in [3.05, 3.63) is 12.5 Å². The molecule has 0 aliphatic carbocycles. The molecule has 0 fully saturated rings. The molecular formula is C3H6O3. The van der Waals surface area contributed by atoms with Crippen LogP contribution in [0.4, 0.5) is 0 Å². The van der Waals surface area contributed by atoms with Crippen LogP contribution in [0.1, 0.15) is 0 Å². The average molecular weight is 90.1 g/mol. The van der Waals surface area contributed by atoms with E-state index in [2.05, 4.69) is 4.74 Å². The van der Waals surface area contributed by atoms with Crippen molar-refractivity contribution < 1.29 is 14.9 Å². The van der Waals surface area contributed by atoms with Gasteiger partial charge in [0.2, 0.25) is 0 Å². The van der Waals surface area contributed by atoms with Gasteiger partial charge < -0.3 is 14.9 Å². The van der Waals surface area contributed by atoms with Gasteiger partial charge in [0, 0.05) is 0 Å². The van der Waals surface area contributed by atoms with Crippen molar-refractivity contribution in [1.29, 1.82) is 0 Å². The Balaban J connectivity index is 2.66. The lowest BCUT2D eigenvalue weighted by molar-refractivity contribution is 0.0574. The maximum atomic E-state index is 7.81. The fraction of sp³-hybridized carbons (Fsp3) is 0.333. The molecule has 0 rings (SSSR count). The highest BCUT2D eigenvalue weighted by atomic mass is 16.6. The smallest absolute Gasteiger partial charge is 0.185 e. The molecule has 0 aliphatic rings. The average Bonchev–Trinajstić information content (AvgIpc) is 1.61. The number of hydrogen-bond donors (Lipinski definition) is 2. The number of rotatable bonds is 2. The largest absolute Gasteiger partial charge is 0.512 e. The Labute approximate surface area is 35.5 Å². The summed E-state index contributed by atoms with van der Waals surface area (Å²) in [4.78, 5) is 0. The van der Waals surface area contributed by atoms with Gasteiger partial charge in [0.25, 0.3) is 0 Å². The third kappa shape index (κ3) is 3.30. The van der Waals surface area contributed by atoms with Crippen molar-refractivity contribution in [2.24, 2.45) is 0 Å². The van der Waals surface area contributed by atoms with Crippen LogP contribution in [-0.4, -0.2) is 17.0 Å². The topological polar surface area (TPSA) is 49.7 Å². The molecule has 0 saturated heterocycles. The van der Waals surface area contributed by atoms with Gasteiger partial charge in [-0.25, -0.2) is 0 Å². The predicted octanol–water partition coefficient (Wildman–Crippen LogP) is -0.0180. The number of hydrogen-bond acceptors (Lipinski definition) is 3. The Morgan fingerprint density at radius 2 is 2.33 bits per heavy atom. The van der Waals surface area contributed by atoms with Crippen molar-refractivity contribution in [3.8, 4) is 0 Å². The zero-order valence-electron chi connectivity index (χ0n) is 3.16. The summed E-state index contributed by atoms with van der Waals surface area (Å²) < 4.78 is 4.11. The molecular weight excluding hydrogens is 84.0 g/mol. The molecule has 0 saturated carbocycles. The summed E-state index contributed by atoms with van der Waals surface area (Å²) in [7, 11) is 0. The maximum Gasteiger partial charge on any atom is 0.185 e. The second kappa shape index (κ2) is 4.30. The van der Waals surface area contributed by atoms with Gasteiger partial charge in [-0.1, -0.05) is 0 Å². The summed E-state index contributed by atoms with van der Waals surface area (Å²) in [5.74, 6) is 0. The van der Waals surface area contributed by atoms with Crippen molar-refractivity contribution in [2.75, 3.05) is 6.79 Å². The lowest BCUT2D eigenvalue weighted by Crippen LogP contribution is -1.79. The lowest BCUT2D eigenvalue weighted by Gasteiger charge is -1.85. The Morgan fingerprint density at radius 1 is 1.67 bits per heavy atom. The molecule has 0 aliphatic heterocycles. The third-order valence-corrected chi connectivity index (χ3v) is 0.232. The summed E-state index contributed by atoms with van der Waals surface area (Å²) in [6, 6.07) is 0. The zero-order chi connectivity index (χ0) is 4.83. The minimum Gasteiger partial charge on any atom is -0.512 e. The molecule has 0 heterocycles. The van der Waals surface area contributed by atoms with E-state index in [-0.39, 0.29) is 0 Å². The first-order valence-corrected chi connectivity index (χ1v) is 1.43. The summed E-state index contributed by atoms with van der Waals surface area (Å²) in [6.07, 6.45) is 1.69. The van der Waals surface area contributed by atoms with Crippen LogP contribution in [0.25, 0.3) is 0 Å². The molecule has 0 amide bonds. The normalized spacial score (nSPS) is 9.50. The second-order valence-corrected chi connectivity index (χ2v) is 0.581. The molecule has 0 spiro atoms. The Kier molecular flexibility index (Phi) is 3.80. The van der Waals surface area contributed by atoms with Crippen LogP contribution in [0, 0.1) is 0 Å². The van der Waals surface area contributed by atoms with E-state index in [1.165, 1.54) is 0 Å². The standard InChI is InChI=1S/C3H6O3/c4-1-2-6-3-5/h1-2,4-5H,3H2/b2-1-. The van der Waals surface area contributed by atoms with Gasteiger partial charge in [0.1, 0.15) is 12.5 Å². The molecule has 36 valence electrons. The minimum absolute atomic E-state index is 0.392. The molecule has 3 nitrogen and oxygen atoms in total. The van der Waals surface area contributed by atoms with Crippen LogP contribution in [0.3, 0.4) is 0 Å². The second-order valence-electron chi connectivity index (χ2n) is 0.581. The Hall–Kier alpha value is -0.700. The van der Waals surface area contributed by atoms with Crippen LogP contribution < -0.4 is 0 Å². The van der Waals surface area contributed by atoms with E-state index < -0.39 is 6.79 Å². The van der Waals surface area contributed by atoms with Crippen molar-refractivity contribution in [1.82, 2.24) is 0 Å². The maximum absolute atomic E-state index is 7.81. The first-order valence-electron chi connectivity index (χ1n) is 1.43. The van der Waals surface area contributed by atoms with Gasteiger partial charge in [-0.3, -0.25) is 0 Å². The van der Waals surface area contributed by atoms with Crippen LogP contribution in [0.2, 0.25) is 0 Å². The quantitative estimate of drug-likeness (QED) is 0.370. The fourth-order valence-electron chi connectivity index (χ4n) is 0.0861. The lowest BCUT2D eigenvalue weighted by atomic mass is 11.1. The van der Waals surface area contributed by atoms with E-state index in [0.29, 0.717) is 6.26 Å². The summed E-state index contributed by atoms with van der Waals surface area (Å²) in [6.45, 7) is -0.392. The molecule has 6 heavy (non-hydrogen) atoms. The van der Waals surface area contributed by atoms with E-state index in [1.54, 1.807) is 0 Å². The number of aliphatic hydroxyl groups excluding tert-OH is 2. The first kappa shape index (κ1) is 5.30. The van der Waals surface area contributed by atoms with Crippen LogP contribution >= 0.6 is 0 Å². The molecule has 0 unspecified atom stereocenters. The van der Waals surface area contributed by atoms with Crippen molar-refractivity contribution in [3.63, 3.8) is 0 Å². The van der Waals surface area contributed by atoms with Crippen molar-refractivity contribution >= 4 is 0 Å². The number of ether oxygens (including phenoxy) is 1.